The summed E-state index contributed by atoms with van der Waals surface area (Å²) in [6.07, 6.45) is 0. The molecule has 0 bridgehead atoms. The van der Waals surface area contributed by atoms with Gasteiger partial charge in [0.15, 0.2) is 17.2 Å². The normalized spacial score (nSPS) is 9.27. The van der Waals surface area contributed by atoms with Crippen LogP contribution >= 0.6 is 0 Å². The van der Waals surface area contributed by atoms with Gasteiger partial charge >= 0.3 is 0 Å². The van der Waals surface area contributed by atoms with Gasteiger partial charge in [-0.1, -0.05) is 0 Å². The van der Waals surface area contributed by atoms with Crippen molar-refractivity contribution in [2.24, 2.45) is 0 Å². The molecule has 0 unspecified atom stereocenters. The molecule has 1 rings (SSSR count). The minimum absolute atomic E-state index is 0.141. The molecule has 0 atom stereocenters. The smallest absolute Gasteiger partial charge is 0.197 e. The summed E-state index contributed by atoms with van der Waals surface area (Å²) in [5.74, 6) is 0.795. The van der Waals surface area contributed by atoms with E-state index in [-0.39, 0.29) is 5.43 Å². The Balaban J connectivity index is 3.12. The first-order valence-electron chi connectivity index (χ1n) is 3.08. The second kappa shape index (κ2) is 3.09. The predicted octanol–water partition coefficient (Wildman–Crippen LogP) is 0.392. The van der Waals surface area contributed by atoms with Crippen LogP contribution in [0.2, 0.25) is 0 Å². The Labute approximate surface area is 63.8 Å². The zero-order valence-corrected chi connectivity index (χ0v) is 6.38. The standard InChI is InChI=1S/C7H9NO3/c1-10-6-3-5(9)4-7(8-6)11-2/h3-4H,1-2H3,(H,8,9). The van der Waals surface area contributed by atoms with Crippen molar-refractivity contribution < 1.29 is 9.47 Å². The van der Waals surface area contributed by atoms with Crippen LogP contribution in [0.5, 0.6) is 11.8 Å². The van der Waals surface area contributed by atoms with Crippen LogP contribution in [0.15, 0.2) is 16.9 Å². The van der Waals surface area contributed by atoms with Gasteiger partial charge in [0, 0.05) is 12.1 Å². The largest absolute Gasteiger partial charge is 0.482 e. The zero-order chi connectivity index (χ0) is 8.27. The Morgan fingerprint density at radius 1 is 1.18 bits per heavy atom. The predicted molar refractivity (Wildman–Crippen MR) is 40.2 cm³/mol. The van der Waals surface area contributed by atoms with Crippen LogP contribution < -0.4 is 14.9 Å². The van der Waals surface area contributed by atoms with Crippen LogP contribution in [0.1, 0.15) is 0 Å². The minimum atomic E-state index is -0.141. The summed E-state index contributed by atoms with van der Waals surface area (Å²) in [6.45, 7) is 0. The van der Waals surface area contributed by atoms with Crippen molar-refractivity contribution in [3.05, 3.63) is 22.4 Å². The Morgan fingerprint density at radius 2 is 1.64 bits per heavy atom. The third kappa shape index (κ3) is 1.73. The van der Waals surface area contributed by atoms with E-state index in [9.17, 15) is 4.79 Å². The number of rotatable bonds is 2. The van der Waals surface area contributed by atoms with Crippen LogP contribution in [0.3, 0.4) is 0 Å². The van der Waals surface area contributed by atoms with Crippen LogP contribution in [0.4, 0.5) is 0 Å². The Morgan fingerprint density at radius 3 is 2.00 bits per heavy atom. The quantitative estimate of drug-likeness (QED) is 0.672. The van der Waals surface area contributed by atoms with Crippen LogP contribution in [0, 0.1) is 0 Å². The molecule has 11 heavy (non-hydrogen) atoms. The van der Waals surface area contributed by atoms with Gasteiger partial charge in [0.1, 0.15) is 0 Å². The van der Waals surface area contributed by atoms with E-state index in [1.807, 2.05) is 0 Å². The Hall–Kier alpha value is -1.45. The molecule has 0 aromatic carbocycles. The lowest BCUT2D eigenvalue weighted by atomic mass is 10.4. The first kappa shape index (κ1) is 7.65. The van der Waals surface area contributed by atoms with Crippen molar-refractivity contribution in [1.29, 1.82) is 0 Å². The summed E-state index contributed by atoms with van der Waals surface area (Å²) < 4.78 is 9.60. The van der Waals surface area contributed by atoms with Gasteiger partial charge in [-0.25, -0.2) is 0 Å². The van der Waals surface area contributed by atoms with Gasteiger partial charge < -0.3 is 9.47 Å². The molecule has 1 aromatic rings. The van der Waals surface area contributed by atoms with Crippen LogP contribution in [0.25, 0.3) is 0 Å². The van der Waals surface area contributed by atoms with Crippen molar-refractivity contribution in [1.82, 2.24) is 4.98 Å². The van der Waals surface area contributed by atoms with Crippen LogP contribution in [-0.4, -0.2) is 19.2 Å². The third-order valence-corrected chi connectivity index (χ3v) is 1.23. The molecule has 0 saturated heterocycles. The summed E-state index contributed by atoms with van der Waals surface area (Å²) in [6, 6.07) is 2.70. The van der Waals surface area contributed by atoms with Crippen molar-refractivity contribution in [2.45, 2.75) is 0 Å². The molecule has 1 aromatic heterocycles. The lowest BCUT2D eigenvalue weighted by molar-refractivity contribution is 0.364. The first-order valence-corrected chi connectivity index (χ1v) is 3.08. The number of nitrogens with one attached hydrogen (secondary N) is 1. The summed E-state index contributed by atoms with van der Waals surface area (Å²) >= 11 is 0. The lowest BCUT2D eigenvalue weighted by Crippen LogP contribution is -2.02. The van der Waals surface area contributed by atoms with E-state index in [0.717, 1.165) is 0 Å². The van der Waals surface area contributed by atoms with Gasteiger partial charge in [-0.05, 0) is 0 Å². The summed E-state index contributed by atoms with van der Waals surface area (Å²) in [7, 11) is 2.95. The van der Waals surface area contributed by atoms with Gasteiger partial charge in [0.25, 0.3) is 0 Å². The molecule has 4 nitrogen and oxygen atoms in total. The molecule has 0 aliphatic carbocycles. The van der Waals surface area contributed by atoms with Crippen molar-refractivity contribution in [3.63, 3.8) is 0 Å². The average molecular weight is 155 g/mol. The van der Waals surface area contributed by atoms with E-state index in [1.165, 1.54) is 26.4 Å². The minimum Gasteiger partial charge on any atom is -0.482 e. The van der Waals surface area contributed by atoms with E-state index in [2.05, 4.69) is 4.98 Å². The summed E-state index contributed by atoms with van der Waals surface area (Å²) in [5.41, 5.74) is -0.141. The van der Waals surface area contributed by atoms with E-state index in [4.69, 9.17) is 9.47 Å². The molecule has 0 saturated carbocycles. The average Bonchev–Trinajstić information content (AvgIpc) is 2.03. The van der Waals surface area contributed by atoms with E-state index in [1.54, 1.807) is 0 Å². The molecule has 0 amide bonds. The van der Waals surface area contributed by atoms with Crippen molar-refractivity contribution in [3.8, 4) is 11.8 Å². The highest BCUT2D eigenvalue weighted by molar-refractivity contribution is 5.19. The second-order valence-electron chi connectivity index (χ2n) is 1.95. The number of H-pyrrole nitrogens is 1. The van der Waals surface area contributed by atoms with E-state index in [0.29, 0.717) is 11.8 Å². The third-order valence-electron chi connectivity index (χ3n) is 1.23. The fourth-order valence-corrected chi connectivity index (χ4v) is 0.714. The molecule has 60 valence electrons. The van der Waals surface area contributed by atoms with Gasteiger partial charge in [0.2, 0.25) is 0 Å². The molecule has 0 fully saturated rings. The monoisotopic (exact) mass is 155 g/mol. The SMILES string of the molecule is COc1cc(=O)cc(OC)[nH]1. The molecule has 0 aliphatic heterocycles. The zero-order valence-electron chi connectivity index (χ0n) is 6.38. The maximum atomic E-state index is 10.8. The Bertz CT molecular complexity index is 267. The molecule has 1 N–H and O–H groups in total. The summed E-state index contributed by atoms with van der Waals surface area (Å²) in [5, 5.41) is 0. The molecule has 1 heterocycles. The fraction of sp³-hybridized carbons (Fsp3) is 0.286. The maximum Gasteiger partial charge on any atom is 0.197 e. The topological polar surface area (TPSA) is 51.3 Å². The van der Waals surface area contributed by atoms with E-state index < -0.39 is 0 Å². The first-order chi connectivity index (χ1) is 5.26. The number of ether oxygens (including phenoxy) is 2. The highest BCUT2D eigenvalue weighted by Gasteiger charge is 1.96. The number of pyridine rings is 1. The number of hydrogen-bond donors (Lipinski definition) is 1. The van der Waals surface area contributed by atoms with Gasteiger partial charge in [-0.3, -0.25) is 9.78 Å². The number of methoxy groups -OCH3 is 2. The molecule has 0 radical (unpaired) electrons. The highest BCUT2D eigenvalue weighted by atomic mass is 16.5. The maximum absolute atomic E-state index is 10.8. The molecule has 0 aliphatic rings. The second-order valence-corrected chi connectivity index (χ2v) is 1.95. The van der Waals surface area contributed by atoms with Gasteiger partial charge in [-0.2, -0.15) is 0 Å². The van der Waals surface area contributed by atoms with Crippen LogP contribution in [-0.2, 0) is 0 Å². The lowest BCUT2D eigenvalue weighted by Gasteiger charge is -2.01. The van der Waals surface area contributed by atoms with Gasteiger partial charge in [0.05, 0.1) is 14.2 Å². The number of aromatic amines is 1. The number of hydrogen-bond acceptors (Lipinski definition) is 3. The summed E-state index contributed by atoms with van der Waals surface area (Å²) in [4.78, 5) is 13.6. The number of aromatic nitrogens is 1. The van der Waals surface area contributed by atoms with Crippen molar-refractivity contribution in [2.75, 3.05) is 14.2 Å². The molecular weight excluding hydrogens is 146 g/mol. The Kier molecular flexibility index (Phi) is 2.15. The van der Waals surface area contributed by atoms with Gasteiger partial charge in [-0.15, -0.1) is 0 Å². The molecule has 0 spiro atoms. The van der Waals surface area contributed by atoms with Crippen molar-refractivity contribution >= 4 is 0 Å². The van der Waals surface area contributed by atoms with E-state index >= 15 is 0 Å². The fourth-order valence-electron chi connectivity index (χ4n) is 0.714. The highest BCUT2D eigenvalue weighted by Crippen LogP contribution is 2.07. The molecular formula is C7H9NO3. The molecule has 4 heteroatoms.